The lowest BCUT2D eigenvalue weighted by atomic mass is 9.99. The molecule has 3 heterocycles. The third-order valence-electron chi connectivity index (χ3n) is 4.40. The van der Waals surface area contributed by atoms with Crippen molar-refractivity contribution >= 4 is 27.3 Å². The van der Waals surface area contributed by atoms with E-state index in [0.717, 1.165) is 24.3 Å². The lowest BCUT2D eigenvalue weighted by Crippen LogP contribution is -2.47. The van der Waals surface area contributed by atoms with Crippen molar-refractivity contribution in [3.8, 4) is 0 Å². The third-order valence-corrected chi connectivity index (χ3v) is 7.98. The van der Waals surface area contributed by atoms with E-state index in [9.17, 15) is 13.2 Å². The molecule has 0 spiro atoms. The molecule has 0 radical (unpaired) electrons. The van der Waals surface area contributed by atoms with Crippen molar-refractivity contribution in [3.05, 3.63) is 10.7 Å². The van der Waals surface area contributed by atoms with E-state index in [-0.39, 0.29) is 18.0 Å². The normalized spacial score (nSPS) is 27.1. The van der Waals surface area contributed by atoms with Crippen molar-refractivity contribution in [1.29, 1.82) is 0 Å². The minimum absolute atomic E-state index is 0.0405. The van der Waals surface area contributed by atoms with E-state index in [4.69, 9.17) is 0 Å². The highest BCUT2D eigenvalue weighted by Gasteiger charge is 2.43. The highest BCUT2D eigenvalue weighted by Crippen LogP contribution is 2.34. The molecule has 3 rings (SSSR count). The maximum atomic E-state index is 13.0. The number of rotatable bonds is 2. The lowest BCUT2D eigenvalue weighted by Gasteiger charge is -2.29. The number of hydrogen-bond acceptors (Lipinski definition) is 5. The Labute approximate surface area is 135 Å². The maximum Gasteiger partial charge on any atom is 0.254 e. The molecule has 0 aromatic carbocycles. The molecule has 1 amide bonds. The summed E-state index contributed by atoms with van der Waals surface area (Å²) in [4.78, 5) is 16.0. The summed E-state index contributed by atoms with van der Waals surface area (Å²) in [5.74, 6) is 0.0405. The molecule has 2 fully saturated rings. The van der Waals surface area contributed by atoms with Crippen LogP contribution in [0, 0.1) is 13.8 Å². The molecule has 1 N–H and O–H groups in total. The molecule has 8 heteroatoms. The zero-order valence-corrected chi connectivity index (χ0v) is 14.5. The minimum atomic E-state index is -3.53. The largest absolute Gasteiger partial charge is 0.352 e. The first-order valence-electron chi connectivity index (χ1n) is 7.65. The molecule has 0 saturated carbocycles. The average Bonchev–Trinajstić information content (AvgIpc) is 2.96. The molecule has 1 aromatic rings. The number of fused-ring (bicyclic) bond motifs is 1. The van der Waals surface area contributed by atoms with Crippen molar-refractivity contribution in [2.45, 2.75) is 62.2 Å². The molecule has 0 unspecified atom stereocenters. The molecule has 22 heavy (non-hydrogen) atoms. The molecule has 6 nitrogen and oxygen atoms in total. The second-order valence-corrected chi connectivity index (χ2v) is 9.29. The van der Waals surface area contributed by atoms with Crippen LogP contribution in [0.1, 0.15) is 42.8 Å². The minimum Gasteiger partial charge on any atom is -0.352 e. The Balaban J connectivity index is 1.91. The van der Waals surface area contributed by atoms with Gasteiger partial charge in [0.2, 0.25) is 5.91 Å². The topological polar surface area (TPSA) is 79.4 Å². The molecule has 2 saturated heterocycles. The first-order valence-corrected chi connectivity index (χ1v) is 9.90. The van der Waals surface area contributed by atoms with Crippen LogP contribution in [0.15, 0.2) is 4.21 Å². The standard InChI is InChI=1S/C14H21N3O3S2/c1-9-14(21-10(2)15-9)22(19,20)17-8-7-11-12(17)5-3-4-6-13(18)16-11/h11-12H,3-8H2,1-2H3,(H,16,18)/t11-,12+/m0/s1. The van der Waals surface area contributed by atoms with Crippen LogP contribution in [0.3, 0.4) is 0 Å². The molecule has 0 bridgehead atoms. The molecular formula is C14H21N3O3S2. The van der Waals surface area contributed by atoms with Gasteiger partial charge < -0.3 is 5.32 Å². The Bertz CT molecular complexity index is 684. The zero-order chi connectivity index (χ0) is 15.9. The summed E-state index contributed by atoms with van der Waals surface area (Å²) in [6, 6.07) is -0.187. The molecule has 122 valence electrons. The Morgan fingerprint density at radius 3 is 2.73 bits per heavy atom. The summed E-state index contributed by atoms with van der Waals surface area (Å²) >= 11 is 1.23. The Kier molecular flexibility index (Phi) is 4.26. The van der Waals surface area contributed by atoms with Gasteiger partial charge in [-0.05, 0) is 33.1 Å². The predicted molar refractivity (Wildman–Crippen MR) is 84.3 cm³/mol. The number of aryl methyl sites for hydroxylation is 2. The van der Waals surface area contributed by atoms with Crippen molar-refractivity contribution in [1.82, 2.24) is 14.6 Å². The summed E-state index contributed by atoms with van der Waals surface area (Å²) in [6.45, 7) is 4.03. The van der Waals surface area contributed by atoms with Gasteiger partial charge in [0.15, 0.2) is 4.21 Å². The zero-order valence-electron chi connectivity index (χ0n) is 12.8. The van der Waals surface area contributed by atoms with E-state index in [0.29, 0.717) is 29.3 Å². The van der Waals surface area contributed by atoms with Gasteiger partial charge in [-0.15, -0.1) is 11.3 Å². The van der Waals surface area contributed by atoms with Crippen LogP contribution >= 0.6 is 11.3 Å². The van der Waals surface area contributed by atoms with Crippen molar-refractivity contribution in [3.63, 3.8) is 0 Å². The number of thiazole rings is 1. The van der Waals surface area contributed by atoms with E-state index < -0.39 is 10.0 Å². The number of carbonyl (C=O) groups is 1. The van der Waals surface area contributed by atoms with Gasteiger partial charge in [0, 0.05) is 25.0 Å². The van der Waals surface area contributed by atoms with Gasteiger partial charge in [-0.25, -0.2) is 13.4 Å². The van der Waals surface area contributed by atoms with Gasteiger partial charge in [0.1, 0.15) is 0 Å². The average molecular weight is 343 g/mol. The van der Waals surface area contributed by atoms with E-state index >= 15 is 0 Å². The molecule has 2 aliphatic heterocycles. The second kappa shape index (κ2) is 5.90. The number of sulfonamides is 1. The Hall–Kier alpha value is -0.990. The number of nitrogens with zero attached hydrogens (tertiary/aromatic N) is 2. The smallest absolute Gasteiger partial charge is 0.254 e. The van der Waals surface area contributed by atoms with Gasteiger partial charge in [0.05, 0.1) is 10.7 Å². The molecular weight excluding hydrogens is 322 g/mol. The van der Waals surface area contributed by atoms with Gasteiger partial charge in [-0.1, -0.05) is 6.42 Å². The summed E-state index contributed by atoms with van der Waals surface area (Å²) in [5.41, 5.74) is 0.570. The summed E-state index contributed by atoms with van der Waals surface area (Å²) in [6.07, 6.45) is 3.75. The second-order valence-electron chi connectivity index (χ2n) is 6.00. The fraction of sp³-hybridized carbons (Fsp3) is 0.714. The highest BCUT2D eigenvalue weighted by molar-refractivity contribution is 7.91. The van der Waals surface area contributed by atoms with Crippen molar-refractivity contribution in [2.24, 2.45) is 0 Å². The van der Waals surface area contributed by atoms with E-state index in [1.807, 2.05) is 6.92 Å². The summed E-state index contributed by atoms with van der Waals surface area (Å²) < 4.78 is 27.9. The van der Waals surface area contributed by atoms with Crippen LogP contribution in [-0.4, -0.2) is 42.2 Å². The fourth-order valence-electron chi connectivity index (χ4n) is 3.41. The van der Waals surface area contributed by atoms with E-state index in [1.54, 1.807) is 11.2 Å². The number of aromatic nitrogens is 1. The van der Waals surface area contributed by atoms with Gasteiger partial charge in [-0.3, -0.25) is 4.79 Å². The Morgan fingerprint density at radius 2 is 2.05 bits per heavy atom. The van der Waals surface area contributed by atoms with Crippen molar-refractivity contribution < 1.29 is 13.2 Å². The van der Waals surface area contributed by atoms with Gasteiger partial charge in [-0.2, -0.15) is 4.31 Å². The van der Waals surface area contributed by atoms with E-state index in [2.05, 4.69) is 10.3 Å². The molecule has 1 aromatic heterocycles. The first-order chi connectivity index (χ1) is 10.4. The first kappa shape index (κ1) is 15.9. The number of amides is 1. The fourth-order valence-corrected chi connectivity index (χ4v) is 6.71. The Morgan fingerprint density at radius 1 is 1.27 bits per heavy atom. The lowest BCUT2D eigenvalue weighted by molar-refractivity contribution is -0.122. The number of hydrogen-bond donors (Lipinski definition) is 1. The monoisotopic (exact) mass is 343 g/mol. The van der Waals surface area contributed by atoms with Crippen LogP contribution in [0.4, 0.5) is 0 Å². The number of nitrogens with one attached hydrogen (secondary N) is 1. The van der Waals surface area contributed by atoms with Crippen LogP contribution in [0.25, 0.3) is 0 Å². The van der Waals surface area contributed by atoms with E-state index in [1.165, 1.54) is 11.3 Å². The number of carbonyl (C=O) groups excluding carboxylic acids is 1. The molecule has 2 aliphatic rings. The van der Waals surface area contributed by atoms with Gasteiger partial charge in [0.25, 0.3) is 10.0 Å². The van der Waals surface area contributed by atoms with Crippen molar-refractivity contribution in [2.75, 3.05) is 6.54 Å². The predicted octanol–water partition coefficient (Wildman–Crippen LogP) is 1.58. The van der Waals surface area contributed by atoms with Crippen LogP contribution in [0.5, 0.6) is 0 Å². The summed E-state index contributed by atoms with van der Waals surface area (Å²) in [7, 11) is -3.53. The summed E-state index contributed by atoms with van der Waals surface area (Å²) in [5, 5.41) is 3.76. The van der Waals surface area contributed by atoms with Crippen LogP contribution < -0.4 is 5.32 Å². The SMILES string of the molecule is Cc1nc(C)c(S(=O)(=O)N2CC[C@@H]3NC(=O)CCCC[C@H]32)s1. The quantitative estimate of drug-likeness (QED) is 0.884. The molecule has 0 aliphatic carbocycles. The maximum absolute atomic E-state index is 13.0. The van der Waals surface area contributed by atoms with Gasteiger partial charge >= 0.3 is 0 Å². The van der Waals surface area contributed by atoms with Crippen LogP contribution in [-0.2, 0) is 14.8 Å². The highest BCUT2D eigenvalue weighted by atomic mass is 32.2. The molecule has 2 atom stereocenters. The van der Waals surface area contributed by atoms with Crippen LogP contribution in [0.2, 0.25) is 0 Å². The third kappa shape index (κ3) is 2.79.